The highest BCUT2D eigenvalue weighted by atomic mass is 32.2. The van der Waals surface area contributed by atoms with Crippen molar-refractivity contribution in [2.24, 2.45) is 11.1 Å². The summed E-state index contributed by atoms with van der Waals surface area (Å²) in [5, 5.41) is 11.8. The van der Waals surface area contributed by atoms with E-state index in [0.717, 1.165) is 19.3 Å². The number of sulfonamides is 1. The highest BCUT2D eigenvalue weighted by Crippen LogP contribution is 2.08. The third-order valence-electron chi connectivity index (χ3n) is 3.33. The van der Waals surface area contributed by atoms with Gasteiger partial charge in [-0.2, -0.15) is 5.10 Å². The molecule has 0 aliphatic rings. The Labute approximate surface area is 132 Å². The Bertz CT molecular complexity index is 581. The number of nitrogens with zero attached hydrogens (tertiary/aromatic N) is 2. The average molecular weight is 330 g/mol. The maximum Gasteiger partial charge on any atom is 0.241 e. The molecule has 0 spiro atoms. The topological polar surface area (TPSA) is 107 Å². The van der Waals surface area contributed by atoms with Gasteiger partial charge in [0, 0.05) is 25.2 Å². The summed E-state index contributed by atoms with van der Waals surface area (Å²) in [6, 6.07) is 0.142. The van der Waals surface area contributed by atoms with E-state index in [4.69, 9.17) is 5.14 Å². The van der Waals surface area contributed by atoms with Gasteiger partial charge in [-0.05, 0) is 19.3 Å². The number of aromatic nitrogens is 2. The number of nitrogens with one attached hydrogen (secondary N) is 1. The lowest BCUT2D eigenvalue weighted by Gasteiger charge is -2.14. The number of hydrogen-bond donors (Lipinski definition) is 2. The Morgan fingerprint density at radius 1 is 1.36 bits per heavy atom. The molecular formula is C14H26N4O3S. The molecule has 0 unspecified atom stereocenters. The normalized spacial score (nSPS) is 13.3. The molecule has 1 heterocycles. The van der Waals surface area contributed by atoms with E-state index in [0.29, 0.717) is 12.5 Å². The van der Waals surface area contributed by atoms with Gasteiger partial charge in [0.05, 0.1) is 6.20 Å². The molecule has 0 aliphatic carbocycles. The van der Waals surface area contributed by atoms with Crippen molar-refractivity contribution in [3.8, 4) is 0 Å². The van der Waals surface area contributed by atoms with Gasteiger partial charge < -0.3 is 5.32 Å². The fraction of sp³-hybridized carbons (Fsp3) is 0.714. The lowest BCUT2D eigenvalue weighted by molar-refractivity contribution is -0.122. The van der Waals surface area contributed by atoms with Crippen LogP contribution in [0.1, 0.15) is 46.5 Å². The Morgan fingerprint density at radius 2 is 2.05 bits per heavy atom. The molecule has 0 aromatic carbocycles. The van der Waals surface area contributed by atoms with Gasteiger partial charge in [-0.25, -0.2) is 13.6 Å². The third-order valence-corrected chi connectivity index (χ3v) is 4.20. The van der Waals surface area contributed by atoms with Crippen LogP contribution < -0.4 is 10.5 Å². The van der Waals surface area contributed by atoms with Crippen molar-refractivity contribution in [3.05, 3.63) is 12.4 Å². The van der Waals surface area contributed by atoms with Crippen molar-refractivity contribution in [2.75, 3.05) is 0 Å². The summed E-state index contributed by atoms with van der Waals surface area (Å²) in [4.78, 5) is 11.8. The summed E-state index contributed by atoms with van der Waals surface area (Å²) < 4.78 is 23.7. The second-order valence-electron chi connectivity index (χ2n) is 6.03. The molecule has 0 saturated heterocycles. The molecule has 1 aromatic rings. The highest BCUT2D eigenvalue weighted by Gasteiger charge is 2.12. The quantitative estimate of drug-likeness (QED) is 0.710. The van der Waals surface area contributed by atoms with Gasteiger partial charge in [0.25, 0.3) is 0 Å². The first-order valence-electron chi connectivity index (χ1n) is 7.53. The molecule has 1 aromatic heterocycles. The molecule has 1 atom stereocenters. The van der Waals surface area contributed by atoms with Crippen LogP contribution in [0.2, 0.25) is 0 Å². The molecule has 22 heavy (non-hydrogen) atoms. The summed E-state index contributed by atoms with van der Waals surface area (Å²) >= 11 is 0. The maximum absolute atomic E-state index is 11.8. The Morgan fingerprint density at radius 3 is 2.59 bits per heavy atom. The average Bonchev–Trinajstić information content (AvgIpc) is 2.84. The van der Waals surface area contributed by atoms with Crippen molar-refractivity contribution in [1.82, 2.24) is 15.1 Å². The molecule has 0 bridgehead atoms. The third kappa shape index (κ3) is 7.04. The van der Waals surface area contributed by atoms with Crippen molar-refractivity contribution < 1.29 is 13.2 Å². The van der Waals surface area contributed by atoms with Gasteiger partial charge in [-0.3, -0.25) is 9.48 Å². The fourth-order valence-electron chi connectivity index (χ4n) is 2.08. The van der Waals surface area contributed by atoms with Crippen LogP contribution in [0.4, 0.5) is 0 Å². The van der Waals surface area contributed by atoms with E-state index in [1.54, 1.807) is 0 Å². The fourth-order valence-corrected chi connectivity index (χ4v) is 2.54. The molecule has 0 radical (unpaired) electrons. The van der Waals surface area contributed by atoms with Gasteiger partial charge in [-0.1, -0.05) is 26.7 Å². The Balaban J connectivity index is 2.32. The zero-order valence-corrected chi connectivity index (χ0v) is 14.3. The van der Waals surface area contributed by atoms with Gasteiger partial charge in [-0.15, -0.1) is 0 Å². The van der Waals surface area contributed by atoms with Gasteiger partial charge >= 0.3 is 0 Å². The van der Waals surface area contributed by atoms with Crippen LogP contribution in [-0.2, 0) is 21.4 Å². The van der Waals surface area contributed by atoms with Gasteiger partial charge in [0.15, 0.2) is 0 Å². The summed E-state index contributed by atoms with van der Waals surface area (Å²) in [5.41, 5.74) is 0. The zero-order chi connectivity index (χ0) is 16.8. The zero-order valence-electron chi connectivity index (χ0n) is 13.4. The number of amides is 1. The predicted octanol–water partition coefficient (Wildman–Crippen LogP) is 1.25. The molecule has 1 rings (SSSR count). The molecule has 0 fully saturated rings. The lowest BCUT2D eigenvalue weighted by atomic mass is 10.0. The highest BCUT2D eigenvalue weighted by molar-refractivity contribution is 7.89. The van der Waals surface area contributed by atoms with Gasteiger partial charge in [0.2, 0.25) is 15.9 Å². The number of rotatable bonds is 9. The summed E-state index contributed by atoms with van der Waals surface area (Å²) in [5.74, 6) is 0.612. The minimum absolute atomic E-state index is 0.0463. The number of carbonyl (C=O) groups excluding carboxylic acids is 1. The Hall–Kier alpha value is -1.41. The lowest BCUT2D eigenvalue weighted by Crippen LogP contribution is -2.33. The molecule has 7 nitrogen and oxygen atoms in total. The number of carbonyl (C=O) groups is 1. The van der Waals surface area contributed by atoms with Crippen molar-refractivity contribution in [2.45, 2.75) is 63.9 Å². The first-order chi connectivity index (χ1) is 10.2. The van der Waals surface area contributed by atoms with Crippen LogP contribution in [0.15, 0.2) is 17.3 Å². The predicted molar refractivity (Wildman–Crippen MR) is 84.5 cm³/mol. The number of primary sulfonamides is 1. The summed E-state index contributed by atoms with van der Waals surface area (Å²) in [6.45, 7) is 6.68. The largest absolute Gasteiger partial charge is 0.354 e. The van der Waals surface area contributed by atoms with E-state index in [-0.39, 0.29) is 23.3 Å². The summed E-state index contributed by atoms with van der Waals surface area (Å²) in [7, 11) is -3.74. The standard InChI is InChI=1S/C14H26N4O3S/c1-11(2)5-4-6-12(3)17-14(19)7-8-18-10-13(9-16-18)22(15,20)21/h9-12H,4-8H2,1-3H3,(H,17,19)(H2,15,20,21)/t12-/m0/s1. The minimum Gasteiger partial charge on any atom is -0.354 e. The van der Waals surface area contributed by atoms with E-state index in [1.165, 1.54) is 17.1 Å². The van der Waals surface area contributed by atoms with E-state index in [2.05, 4.69) is 24.3 Å². The van der Waals surface area contributed by atoms with Crippen LogP contribution in [0.5, 0.6) is 0 Å². The second-order valence-corrected chi connectivity index (χ2v) is 7.59. The van der Waals surface area contributed by atoms with Gasteiger partial charge in [0.1, 0.15) is 4.90 Å². The molecule has 0 saturated carbocycles. The smallest absolute Gasteiger partial charge is 0.241 e. The van der Waals surface area contributed by atoms with Crippen LogP contribution in [0, 0.1) is 5.92 Å². The van der Waals surface area contributed by atoms with Crippen molar-refractivity contribution in [1.29, 1.82) is 0 Å². The minimum atomic E-state index is -3.74. The van der Waals surface area contributed by atoms with Crippen LogP contribution >= 0.6 is 0 Å². The molecule has 126 valence electrons. The number of aryl methyl sites for hydroxylation is 1. The first kappa shape index (κ1) is 18.6. The monoisotopic (exact) mass is 330 g/mol. The molecule has 8 heteroatoms. The maximum atomic E-state index is 11.8. The second kappa shape index (κ2) is 8.28. The van der Waals surface area contributed by atoms with Crippen LogP contribution in [-0.4, -0.2) is 30.1 Å². The van der Waals surface area contributed by atoms with Crippen molar-refractivity contribution in [3.63, 3.8) is 0 Å². The van der Waals surface area contributed by atoms with Crippen LogP contribution in [0.25, 0.3) is 0 Å². The van der Waals surface area contributed by atoms with E-state index < -0.39 is 10.0 Å². The Kier molecular flexibility index (Phi) is 7.02. The van der Waals surface area contributed by atoms with E-state index >= 15 is 0 Å². The van der Waals surface area contributed by atoms with E-state index in [1.807, 2.05) is 6.92 Å². The summed E-state index contributed by atoms with van der Waals surface area (Å²) in [6.07, 6.45) is 5.97. The number of nitrogens with two attached hydrogens (primary N) is 1. The molecule has 0 aliphatic heterocycles. The molecule has 1 amide bonds. The first-order valence-corrected chi connectivity index (χ1v) is 9.07. The van der Waals surface area contributed by atoms with Crippen LogP contribution in [0.3, 0.4) is 0 Å². The molecule has 3 N–H and O–H groups in total. The van der Waals surface area contributed by atoms with E-state index in [9.17, 15) is 13.2 Å². The molecular weight excluding hydrogens is 304 g/mol. The SMILES string of the molecule is CC(C)CCC[C@H](C)NC(=O)CCn1cc(S(N)(=O)=O)cn1. The van der Waals surface area contributed by atoms with Crippen molar-refractivity contribution >= 4 is 15.9 Å². The number of hydrogen-bond acceptors (Lipinski definition) is 4.